The van der Waals surface area contributed by atoms with Crippen molar-refractivity contribution in [2.45, 2.75) is 52.4 Å². The van der Waals surface area contributed by atoms with E-state index in [0.29, 0.717) is 16.0 Å². The van der Waals surface area contributed by atoms with Crippen LogP contribution >= 0.6 is 23.2 Å². The maximum Gasteiger partial charge on any atom is 0.152 e. The summed E-state index contributed by atoms with van der Waals surface area (Å²) in [6.45, 7) is 8.88. The Morgan fingerprint density at radius 2 is 1.72 bits per heavy atom. The molecular formula is C15H22Cl2O. The number of rotatable bonds is 5. The van der Waals surface area contributed by atoms with Crippen molar-refractivity contribution in [3.63, 3.8) is 0 Å². The summed E-state index contributed by atoms with van der Waals surface area (Å²) in [5.74, 6) is 0.630. The van der Waals surface area contributed by atoms with Crippen LogP contribution in [0.15, 0.2) is 12.1 Å². The first-order chi connectivity index (χ1) is 8.34. The van der Waals surface area contributed by atoms with Crippen LogP contribution in [0.3, 0.4) is 0 Å². The zero-order valence-corrected chi connectivity index (χ0v) is 13.1. The highest BCUT2D eigenvalue weighted by atomic mass is 35.5. The highest BCUT2D eigenvalue weighted by Gasteiger charge is 2.27. The fourth-order valence-electron chi connectivity index (χ4n) is 2.29. The first kappa shape index (κ1) is 15.7. The Balaban J connectivity index is 3.15. The summed E-state index contributed by atoms with van der Waals surface area (Å²) in [5, 5.41) is 10.3. The summed E-state index contributed by atoms with van der Waals surface area (Å²) in [7, 11) is 0. The van der Waals surface area contributed by atoms with E-state index in [1.54, 1.807) is 0 Å². The van der Waals surface area contributed by atoms with Gasteiger partial charge in [-0.2, -0.15) is 0 Å². The second-order valence-electron chi connectivity index (χ2n) is 5.42. The van der Waals surface area contributed by atoms with Crippen molar-refractivity contribution in [1.82, 2.24) is 0 Å². The van der Waals surface area contributed by atoms with E-state index in [-0.39, 0.29) is 11.2 Å². The minimum atomic E-state index is -0.0240. The molecule has 0 aliphatic carbocycles. The van der Waals surface area contributed by atoms with E-state index in [1.807, 2.05) is 12.1 Å². The minimum absolute atomic E-state index is 0.0240. The highest BCUT2D eigenvalue weighted by molar-refractivity contribution is 6.37. The lowest BCUT2D eigenvalue weighted by atomic mass is 9.73. The molecule has 0 fully saturated rings. The zero-order chi connectivity index (χ0) is 13.9. The van der Waals surface area contributed by atoms with E-state index in [1.165, 1.54) is 0 Å². The van der Waals surface area contributed by atoms with Gasteiger partial charge in [-0.05, 0) is 41.9 Å². The topological polar surface area (TPSA) is 20.2 Å². The third kappa shape index (κ3) is 3.33. The minimum Gasteiger partial charge on any atom is -0.505 e. The molecule has 0 aliphatic heterocycles. The summed E-state index contributed by atoms with van der Waals surface area (Å²) in [4.78, 5) is 0. The van der Waals surface area contributed by atoms with Gasteiger partial charge in [-0.25, -0.2) is 0 Å². The van der Waals surface area contributed by atoms with Gasteiger partial charge in [0, 0.05) is 0 Å². The molecule has 0 amide bonds. The maximum atomic E-state index is 9.63. The first-order valence-electron chi connectivity index (χ1n) is 6.52. The molecule has 2 atom stereocenters. The third-order valence-electron chi connectivity index (χ3n) is 3.99. The largest absolute Gasteiger partial charge is 0.505 e. The zero-order valence-electron chi connectivity index (χ0n) is 11.6. The lowest BCUT2D eigenvalue weighted by Gasteiger charge is -2.32. The van der Waals surface area contributed by atoms with Crippen LogP contribution < -0.4 is 0 Å². The van der Waals surface area contributed by atoms with Crippen LogP contribution in [0.2, 0.25) is 10.0 Å². The Bertz CT molecular complexity index is 394. The van der Waals surface area contributed by atoms with Gasteiger partial charge in [0.25, 0.3) is 0 Å². The number of phenols is 1. The molecule has 2 unspecified atom stereocenters. The molecule has 0 bridgehead atoms. The van der Waals surface area contributed by atoms with Crippen LogP contribution in [-0.4, -0.2) is 5.11 Å². The molecule has 0 spiro atoms. The SMILES string of the molecule is CCC(C)CC(C)(CC)c1cc(Cl)c(O)c(Cl)c1. The van der Waals surface area contributed by atoms with Crippen molar-refractivity contribution in [1.29, 1.82) is 0 Å². The van der Waals surface area contributed by atoms with Crippen LogP contribution in [0.4, 0.5) is 0 Å². The number of phenolic OH excluding ortho intramolecular Hbond substituents is 1. The summed E-state index contributed by atoms with van der Waals surface area (Å²) in [6.07, 6.45) is 3.28. The highest BCUT2D eigenvalue weighted by Crippen LogP contribution is 2.41. The number of aromatic hydroxyl groups is 1. The molecule has 3 heteroatoms. The van der Waals surface area contributed by atoms with Gasteiger partial charge in [-0.1, -0.05) is 57.3 Å². The van der Waals surface area contributed by atoms with E-state index in [9.17, 15) is 5.11 Å². The van der Waals surface area contributed by atoms with Crippen LogP contribution in [-0.2, 0) is 5.41 Å². The van der Waals surface area contributed by atoms with Gasteiger partial charge in [0.2, 0.25) is 0 Å². The second-order valence-corrected chi connectivity index (χ2v) is 6.23. The number of benzene rings is 1. The Labute approximate surface area is 120 Å². The molecule has 0 radical (unpaired) electrons. The Kier molecular flexibility index (Phi) is 5.36. The van der Waals surface area contributed by atoms with Crippen molar-refractivity contribution >= 4 is 23.2 Å². The van der Waals surface area contributed by atoms with Gasteiger partial charge < -0.3 is 5.11 Å². The maximum absolute atomic E-state index is 9.63. The van der Waals surface area contributed by atoms with Crippen LogP contribution in [0, 0.1) is 5.92 Å². The molecule has 1 nitrogen and oxygen atoms in total. The van der Waals surface area contributed by atoms with Crippen molar-refractivity contribution in [2.24, 2.45) is 5.92 Å². The van der Waals surface area contributed by atoms with Crippen molar-refractivity contribution in [2.75, 3.05) is 0 Å². The van der Waals surface area contributed by atoms with Crippen molar-refractivity contribution in [3.8, 4) is 5.75 Å². The molecule has 0 heterocycles. The molecule has 18 heavy (non-hydrogen) atoms. The molecule has 1 aromatic carbocycles. The van der Waals surface area contributed by atoms with Crippen LogP contribution in [0.25, 0.3) is 0 Å². The molecule has 1 N–H and O–H groups in total. The Morgan fingerprint density at radius 3 is 2.11 bits per heavy atom. The first-order valence-corrected chi connectivity index (χ1v) is 7.28. The van der Waals surface area contributed by atoms with E-state index in [4.69, 9.17) is 23.2 Å². The van der Waals surface area contributed by atoms with Gasteiger partial charge in [0.15, 0.2) is 5.75 Å². The van der Waals surface area contributed by atoms with E-state index in [2.05, 4.69) is 27.7 Å². The van der Waals surface area contributed by atoms with E-state index in [0.717, 1.165) is 24.8 Å². The molecule has 102 valence electrons. The predicted molar refractivity (Wildman–Crippen MR) is 79.8 cm³/mol. The molecule has 1 aromatic rings. The van der Waals surface area contributed by atoms with Gasteiger partial charge in [-0.15, -0.1) is 0 Å². The number of hydrogen-bond donors (Lipinski definition) is 1. The van der Waals surface area contributed by atoms with Gasteiger partial charge in [-0.3, -0.25) is 0 Å². The molecule has 1 rings (SSSR count). The molecule has 0 saturated carbocycles. The fourth-order valence-corrected chi connectivity index (χ4v) is 2.78. The average molecular weight is 289 g/mol. The molecule has 0 saturated heterocycles. The monoisotopic (exact) mass is 288 g/mol. The number of hydrogen-bond acceptors (Lipinski definition) is 1. The summed E-state index contributed by atoms with van der Waals surface area (Å²) in [6, 6.07) is 3.68. The summed E-state index contributed by atoms with van der Waals surface area (Å²) >= 11 is 12.0. The third-order valence-corrected chi connectivity index (χ3v) is 4.57. The lowest BCUT2D eigenvalue weighted by Crippen LogP contribution is -2.24. The van der Waals surface area contributed by atoms with Gasteiger partial charge in [0.05, 0.1) is 10.0 Å². The van der Waals surface area contributed by atoms with E-state index >= 15 is 0 Å². The fraction of sp³-hybridized carbons (Fsp3) is 0.600. The molecule has 0 aliphatic rings. The van der Waals surface area contributed by atoms with Gasteiger partial charge >= 0.3 is 0 Å². The number of halogens is 2. The lowest BCUT2D eigenvalue weighted by molar-refractivity contribution is 0.336. The van der Waals surface area contributed by atoms with Crippen molar-refractivity contribution in [3.05, 3.63) is 27.7 Å². The van der Waals surface area contributed by atoms with Gasteiger partial charge in [0.1, 0.15) is 0 Å². The van der Waals surface area contributed by atoms with E-state index < -0.39 is 0 Å². The Morgan fingerprint density at radius 1 is 1.22 bits per heavy atom. The Hall–Kier alpha value is -0.400. The summed E-state index contributed by atoms with van der Waals surface area (Å²) < 4.78 is 0. The molecular weight excluding hydrogens is 267 g/mol. The van der Waals surface area contributed by atoms with Crippen molar-refractivity contribution < 1.29 is 5.11 Å². The van der Waals surface area contributed by atoms with Crippen LogP contribution in [0.1, 0.15) is 52.5 Å². The second kappa shape index (κ2) is 6.16. The summed E-state index contributed by atoms with van der Waals surface area (Å²) in [5.41, 5.74) is 1.16. The smallest absolute Gasteiger partial charge is 0.152 e. The molecule has 0 aromatic heterocycles. The predicted octanol–water partition coefficient (Wildman–Crippen LogP) is 5.80. The average Bonchev–Trinajstić information content (AvgIpc) is 2.34. The quantitative estimate of drug-likeness (QED) is 0.726. The van der Waals surface area contributed by atoms with Crippen LogP contribution in [0.5, 0.6) is 5.75 Å². The normalized spacial score (nSPS) is 16.3. The standard InChI is InChI=1S/C15H22Cl2O/c1-5-10(3)9-15(4,6-2)11-7-12(16)14(18)13(17)8-11/h7-8,10,18H,5-6,9H2,1-4H3.